The second kappa shape index (κ2) is 6.70. The number of aromatic amines is 1. The van der Waals surface area contributed by atoms with E-state index < -0.39 is 0 Å². The van der Waals surface area contributed by atoms with Crippen molar-refractivity contribution in [1.82, 2.24) is 25.0 Å². The van der Waals surface area contributed by atoms with Crippen molar-refractivity contribution in [2.45, 2.75) is 13.0 Å². The standard InChI is InChI=1S/C22H18FN5O/c1-13(17-4-3-5-20-18(17)8-15(23)11-24-20)29-16-6-7-21-19(9-16)22(27-26-21)14-10-25-28(2)12-14/h3-13H,1-2H3,(H,26,27). The lowest BCUT2D eigenvalue weighted by atomic mass is 10.0. The van der Waals surface area contributed by atoms with Gasteiger partial charge in [-0.3, -0.25) is 14.8 Å². The summed E-state index contributed by atoms with van der Waals surface area (Å²) in [7, 11) is 1.87. The molecule has 5 aromatic rings. The van der Waals surface area contributed by atoms with Gasteiger partial charge in [-0.05, 0) is 37.3 Å². The Morgan fingerprint density at radius 3 is 2.83 bits per heavy atom. The summed E-state index contributed by atoms with van der Waals surface area (Å²) < 4.78 is 21.7. The molecule has 6 nitrogen and oxygen atoms in total. The summed E-state index contributed by atoms with van der Waals surface area (Å²) in [5.74, 6) is 0.344. The van der Waals surface area contributed by atoms with Crippen LogP contribution in [0, 0.1) is 5.82 Å². The van der Waals surface area contributed by atoms with Gasteiger partial charge in [-0.25, -0.2) is 4.39 Å². The van der Waals surface area contributed by atoms with Crippen LogP contribution in [0.2, 0.25) is 0 Å². The van der Waals surface area contributed by atoms with Crippen LogP contribution < -0.4 is 4.74 Å². The van der Waals surface area contributed by atoms with Gasteiger partial charge in [0.05, 0.1) is 23.4 Å². The molecule has 29 heavy (non-hydrogen) atoms. The molecule has 0 aliphatic carbocycles. The molecule has 0 fully saturated rings. The lowest BCUT2D eigenvalue weighted by Gasteiger charge is -2.17. The number of rotatable bonds is 4. The number of benzene rings is 2. The quantitative estimate of drug-likeness (QED) is 0.481. The first-order valence-corrected chi connectivity index (χ1v) is 9.26. The minimum atomic E-state index is -0.363. The number of hydrogen-bond donors (Lipinski definition) is 1. The van der Waals surface area contributed by atoms with Crippen molar-refractivity contribution in [2.75, 3.05) is 0 Å². The van der Waals surface area contributed by atoms with Crippen LogP contribution >= 0.6 is 0 Å². The Labute approximate surface area is 166 Å². The molecular weight excluding hydrogens is 369 g/mol. The third-order valence-electron chi connectivity index (χ3n) is 4.99. The summed E-state index contributed by atoms with van der Waals surface area (Å²) in [4.78, 5) is 4.16. The number of H-pyrrole nitrogens is 1. The molecule has 0 saturated heterocycles. The fourth-order valence-electron chi connectivity index (χ4n) is 3.60. The predicted octanol–water partition coefficient (Wildman–Crippen LogP) is 4.79. The number of nitrogens with zero attached hydrogens (tertiary/aromatic N) is 4. The van der Waals surface area contributed by atoms with Crippen LogP contribution in [-0.4, -0.2) is 25.0 Å². The Morgan fingerprint density at radius 2 is 2.00 bits per heavy atom. The highest BCUT2D eigenvalue weighted by atomic mass is 19.1. The molecule has 0 aliphatic rings. The first-order valence-electron chi connectivity index (χ1n) is 9.26. The van der Waals surface area contributed by atoms with Crippen LogP contribution in [0.4, 0.5) is 4.39 Å². The fourth-order valence-corrected chi connectivity index (χ4v) is 3.60. The van der Waals surface area contributed by atoms with Gasteiger partial charge in [0.1, 0.15) is 23.4 Å². The van der Waals surface area contributed by atoms with E-state index in [-0.39, 0.29) is 11.9 Å². The maximum Gasteiger partial charge on any atom is 0.142 e. The van der Waals surface area contributed by atoms with E-state index in [4.69, 9.17) is 4.74 Å². The monoisotopic (exact) mass is 387 g/mol. The van der Waals surface area contributed by atoms with E-state index in [2.05, 4.69) is 20.3 Å². The van der Waals surface area contributed by atoms with E-state index in [0.29, 0.717) is 5.75 Å². The first kappa shape index (κ1) is 17.4. The van der Waals surface area contributed by atoms with E-state index in [0.717, 1.165) is 38.6 Å². The third-order valence-corrected chi connectivity index (χ3v) is 4.99. The highest BCUT2D eigenvalue weighted by Crippen LogP contribution is 2.32. The van der Waals surface area contributed by atoms with Gasteiger partial charge in [-0.15, -0.1) is 0 Å². The molecule has 1 atom stereocenters. The number of aromatic nitrogens is 5. The summed E-state index contributed by atoms with van der Waals surface area (Å²) in [6, 6.07) is 13.0. The molecule has 0 spiro atoms. The molecule has 0 saturated carbocycles. The molecule has 144 valence electrons. The highest BCUT2D eigenvalue weighted by molar-refractivity contribution is 5.93. The normalized spacial score (nSPS) is 12.5. The maximum atomic E-state index is 13.7. The molecule has 5 rings (SSSR count). The Morgan fingerprint density at radius 1 is 1.10 bits per heavy atom. The van der Waals surface area contributed by atoms with E-state index in [1.54, 1.807) is 10.9 Å². The lowest BCUT2D eigenvalue weighted by molar-refractivity contribution is 0.229. The van der Waals surface area contributed by atoms with Crippen LogP contribution in [0.15, 0.2) is 61.1 Å². The number of aryl methyl sites for hydroxylation is 1. The van der Waals surface area contributed by atoms with Crippen molar-refractivity contribution in [3.63, 3.8) is 0 Å². The van der Waals surface area contributed by atoms with E-state index in [9.17, 15) is 4.39 Å². The zero-order valence-corrected chi connectivity index (χ0v) is 15.9. The van der Waals surface area contributed by atoms with Crippen LogP contribution in [0.1, 0.15) is 18.6 Å². The summed E-state index contributed by atoms with van der Waals surface area (Å²) in [5.41, 5.74) is 4.29. The second-order valence-corrected chi connectivity index (χ2v) is 7.01. The minimum Gasteiger partial charge on any atom is -0.486 e. The van der Waals surface area contributed by atoms with Gasteiger partial charge >= 0.3 is 0 Å². The number of hydrogen-bond acceptors (Lipinski definition) is 4. The van der Waals surface area contributed by atoms with E-state index in [1.165, 1.54) is 12.3 Å². The molecule has 7 heteroatoms. The van der Waals surface area contributed by atoms with Gasteiger partial charge in [0.25, 0.3) is 0 Å². The van der Waals surface area contributed by atoms with Gasteiger partial charge in [-0.1, -0.05) is 12.1 Å². The Kier molecular flexibility index (Phi) is 4.01. The largest absolute Gasteiger partial charge is 0.486 e. The van der Waals surface area contributed by atoms with Gasteiger partial charge in [0.15, 0.2) is 0 Å². The van der Waals surface area contributed by atoms with Crippen molar-refractivity contribution in [3.05, 3.63) is 72.4 Å². The topological polar surface area (TPSA) is 68.6 Å². The summed E-state index contributed by atoms with van der Waals surface area (Å²) in [6.07, 6.45) is 4.64. The predicted molar refractivity (Wildman–Crippen MR) is 109 cm³/mol. The number of ether oxygens (including phenoxy) is 1. The lowest BCUT2D eigenvalue weighted by Crippen LogP contribution is -2.04. The zero-order valence-electron chi connectivity index (χ0n) is 15.9. The Bertz CT molecular complexity index is 1340. The minimum absolute atomic E-state index is 0.284. The Balaban J connectivity index is 1.51. The fraction of sp³-hybridized carbons (Fsp3) is 0.136. The van der Waals surface area contributed by atoms with Crippen LogP contribution in [-0.2, 0) is 7.05 Å². The van der Waals surface area contributed by atoms with Crippen molar-refractivity contribution in [1.29, 1.82) is 0 Å². The van der Waals surface area contributed by atoms with Crippen LogP contribution in [0.3, 0.4) is 0 Å². The SMILES string of the molecule is CC(Oc1ccc2[nH]nc(-c3cnn(C)c3)c2c1)c1cccc2ncc(F)cc12. The van der Waals surface area contributed by atoms with E-state index >= 15 is 0 Å². The molecule has 0 aliphatic heterocycles. The summed E-state index contributed by atoms with van der Waals surface area (Å²) >= 11 is 0. The Hall–Kier alpha value is -3.74. The van der Waals surface area contributed by atoms with Crippen molar-refractivity contribution in [3.8, 4) is 17.0 Å². The van der Waals surface area contributed by atoms with Gasteiger partial charge in [0.2, 0.25) is 0 Å². The molecule has 1 unspecified atom stereocenters. The average molecular weight is 387 g/mol. The molecule has 0 amide bonds. The number of nitrogens with one attached hydrogen (secondary N) is 1. The van der Waals surface area contributed by atoms with Gasteiger partial charge in [-0.2, -0.15) is 10.2 Å². The molecule has 0 bridgehead atoms. The number of fused-ring (bicyclic) bond motifs is 2. The molecular formula is C22H18FN5O. The summed E-state index contributed by atoms with van der Waals surface area (Å²) in [5, 5.41) is 13.4. The van der Waals surface area contributed by atoms with Crippen molar-refractivity contribution < 1.29 is 9.13 Å². The van der Waals surface area contributed by atoms with Crippen molar-refractivity contribution in [2.24, 2.45) is 7.05 Å². The maximum absolute atomic E-state index is 13.7. The van der Waals surface area contributed by atoms with Crippen LogP contribution in [0.5, 0.6) is 5.75 Å². The average Bonchev–Trinajstić information content (AvgIpc) is 3.33. The zero-order chi connectivity index (χ0) is 20.0. The van der Waals surface area contributed by atoms with Gasteiger partial charge in [0, 0.05) is 35.1 Å². The third kappa shape index (κ3) is 3.10. The van der Waals surface area contributed by atoms with Gasteiger partial charge < -0.3 is 4.74 Å². The second-order valence-electron chi connectivity index (χ2n) is 7.01. The number of halogens is 1. The molecule has 3 aromatic heterocycles. The molecule has 2 aromatic carbocycles. The first-order chi connectivity index (χ1) is 14.1. The van der Waals surface area contributed by atoms with E-state index in [1.807, 2.05) is 56.6 Å². The molecule has 0 radical (unpaired) electrons. The number of pyridine rings is 1. The van der Waals surface area contributed by atoms with Crippen LogP contribution in [0.25, 0.3) is 33.1 Å². The molecule has 1 N–H and O–H groups in total. The highest BCUT2D eigenvalue weighted by Gasteiger charge is 2.15. The molecule has 3 heterocycles. The van der Waals surface area contributed by atoms with Crippen molar-refractivity contribution >= 4 is 21.8 Å². The smallest absolute Gasteiger partial charge is 0.142 e. The summed E-state index contributed by atoms with van der Waals surface area (Å²) in [6.45, 7) is 1.95.